The van der Waals surface area contributed by atoms with Crippen LogP contribution in [-0.4, -0.2) is 50.0 Å². The molecule has 2 aromatic heterocycles. The first-order valence-corrected chi connectivity index (χ1v) is 41.5. The van der Waals surface area contributed by atoms with Gasteiger partial charge < -0.3 is 0 Å². The molecule has 0 spiro atoms. The normalized spacial score (nSPS) is 15.0. The summed E-state index contributed by atoms with van der Waals surface area (Å²) in [5.41, 5.74) is 0. The Balaban J connectivity index is 1.95. The summed E-state index contributed by atoms with van der Waals surface area (Å²) < 4.78 is 7.64. The summed E-state index contributed by atoms with van der Waals surface area (Å²) in [6.45, 7) is 4.68. The molecule has 1 aliphatic rings. The average Bonchev–Trinajstić information content (AvgIpc) is 3.46. The number of fused-ring (bicyclic) bond motifs is 3. The van der Waals surface area contributed by atoms with Gasteiger partial charge in [0.25, 0.3) is 0 Å². The van der Waals surface area contributed by atoms with Crippen LogP contribution in [0.25, 0.3) is 9.75 Å². The van der Waals surface area contributed by atoms with E-state index < -0.39 is 50.0 Å². The van der Waals surface area contributed by atoms with Crippen molar-refractivity contribution in [1.29, 1.82) is 0 Å². The van der Waals surface area contributed by atoms with Crippen molar-refractivity contribution in [3.63, 3.8) is 0 Å². The van der Waals surface area contributed by atoms with Crippen LogP contribution in [0.4, 0.5) is 0 Å². The van der Waals surface area contributed by atoms with Crippen molar-refractivity contribution < 1.29 is 0 Å². The number of hydrogen-bond donors (Lipinski definition) is 0. The number of hydrogen-bond acceptors (Lipinski definition) is 2. The zero-order valence-corrected chi connectivity index (χ0v) is 33.8. The first-order valence-electron chi connectivity index (χ1n) is 14.8. The van der Waals surface area contributed by atoms with E-state index in [0.717, 1.165) is 0 Å². The maximum absolute atomic E-state index is 2.84. The van der Waals surface area contributed by atoms with E-state index in [4.69, 9.17) is 0 Å². The molecule has 5 heteroatoms. The van der Waals surface area contributed by atoms with E-state index in [1.807, 2.05) is 14.6 Å². The third-order valence-electron chi connectivity index (χ3n) is 8.09. The number of rotatable bonds is 16. The summed E-state index contributed by atoms with van der Waals surface area (Å²) >= 11 is -1.93. The van der Waals surface area contributed by atoms with Gasteiger partial charge in [-0.05, 0) is 0 Å². The Labute approximate surface area is 237 Å². The minimum absolute atomic E-state index is 1.36. The molecular formula is C30H54GeS2Sn2. The Morgan fingerprint density at radius 3 is 1.23 bits per heavy atom. The molecule has 0 unspecified atom stereocenters. The molecule has 2 aromatic rings. The quantitative estimate of drug-likeness (QED) is 0.118. The SMILES string of the molecule is CCCCCCC[CH2][Ge]1([CH2]CCCCCCC)[c]2c[c]([Sn]([CH3])([CH3])[CH3])sc2-c2s[c]([Sn]([CH3])([CH3])[CH3])c[c]21. The molecule has 0 nitrogen and oxygen atoms in total. The van der Waals surface area contributed by atoms with Gasteiger partial charge in [-0.15, -0.1) is 0 Å². The molecule has 0 saturated carbocycles. The fraction of sp³-hybridized carbons (Fsp3) is 0.733. The van der Waals surface area contributed by atoms with Crippen LogP contribution in [0.1, 0.15) is 90.9 Å². The third kappa shape index (κ3) is 7.81. The van der Waals surface area contributed by atoms with Crippen LogP contribution in [0.2, 0.25) is 40.1 Å². The summed E-state index contributed by atoms with van der Waals surface area (Å²) in [4.78, 5) is 19.4. The number of unbranched alkanes of at least 4 members (excludes halogenated alkanes) is 10. The topological polar surface area (TPSA) is 0 Å². The van der Waals surface area contributed by atoms with E-state index in [2.05, 4.69) is 78.3 Å². The summed E-state index contributed by atoms with van der Waals surface area (Å²) in [5, 5.41) is 3.15. The van der Waals surface area contributed by atoms with Crippen LogP contribution in [0, 0.1) is 0 Å². The fourth-order valence-corrected chi connectivity index (χ4v) is 34.8. The first-order chi connectivity index (χ1) is 16.5. The van der Waals surface area contributed by atoms with E-state index >= 15 is 0 Å². The Bertz CT molecular complexity index is 853. The molecule has 0 fully saturated rings. The third-order valence-corrected chi connectivity index (χ3v) is 41.2. The van der Waals surface area contributed by atoms with Crippen molar-refractivity contribution in [2.24, 2.45) is 0 Å². The van der Waals surface area contributed by atoms with Gasteiger partial charge in [-0.2, -0.15) is 0 Å². The van der Waals surface area contributed by atoms with Crippen molar-refractivity contribution in [1.82, 2.24) is 0 Å². The van der Waals surface area contributed by atoms with E-state index in [1.54, 1.807) is 20.3 Å². The van der Waals surface area contributed by atoms with Gasteiger partial charge in [0.2, 0.25) is 0 Å². The van der Waals surface area contributed by atoms with Gasteiger partial charge in [-0.3, -0.25) is 0 Å². The molecule has 3 heterocycles. The molecule has 0 radical (unpaired) electrons. The molecule has 198 valence electrons. The van der Waals surface area contributed by atoms with Crippen molar-refractivity contribution in [3.05, 3.63) is 12.1 Å². The second-order valence-electron chi connectivity index (χ2n) is 13.3. The summed E-state index contributed by atoms with van der Waals surface area (Å²) in [7, 11) is 0. The Kier molecular flexibility index (Phi) is 12.2. The van der Waals surface area contributed by atoms with Gasteiger partial charge in [0.1, 0.15) is 0 Å². The van der Waals surface area contributed by atoms with E-state index in [1.165, 1.54) is 77.0 Å². The first kappa shape index (κ1) is 31.1. The summed E-state index contributed by atoms with van der Waals surface area (Å²) in [5.74, 6) is 0. The van der Waals surface area contributed by atoms with Crippen LogP contribution in [-0.2, 0) is 0 Å². The average molecular weight is 789 g/mol. The van der Waals surface area contributed by atoms with Crippen LogP contribution in [0.15, 0.2) is 12.1 Å². The molecule has 1 aliphatic heterocycles. The molecule has 0 aliphatic carbocycles. The van der Waals surface area contributed by atoms with Crippen molar-refractivity contribution in [2.75, 3.05) is 0 Å². The molecule has 0 amide bonds. The van der Waals surface area contributed by atoms with Crippen molar-refractivity contribution in [3.8, 4) is 9.75 Å². The van der Waals surface area contributed by atoms with Crippen LogP contribution in [0.3, 0.4) is 0 Å². The molecule has 0 N–H and O–H groups in total. The molecule has 35 heavy (non-hydrogen) atoms. The predicted octanol–water partition coefficient (Wildman–Crippen LogP) is 9.16. The van der Waals surface area contributed by atoms with Gasteiger partial charge in [0.15, 0.2) is 0 Å². The van der Waals surface area contributed by atoms with Crippen LogP contribution in [0.5, 0.6) is 0 Å². The van der Waals surface area contributed by atoms with E-state index in [-0.39, 0.29) is 0 Å². The van der Waals surface area contributed by atoms with Crippen molar-refractivity contribution >= 4 is 87.3 Å². The predicted molar refractivity (Wildman–Crippen MR) is 175 cm³/mol. The molecule has 0 atom stereocenters. The minimum atomic E-state index is -2.32. The monoisotopic (exact) mass is 792 g/mol. The van der Waals surface area contributed by atoms with E-state index in [0.29, 0.717) is 0 Å². The standard InChI is InChI=1S/C24H36GeS2.6CH3.2Sn/c1-3-5-7-9-11-13-17-25(18-14-12-10-8-6-4-2)21-15-19-26-23(21)24-22(25)16-20-27-24;;;;;;;;/h15-16H,3-14,17-18H2,1-2H3;6*1H3;;. The van der Waals surface area contributed by atoms with Crippen LogP contribution >= 0.6 is 22.7 Å². The Hall–Kier alpha value is 1.54. The van der Waals surface area contributed by atoms with Gasteiger partial charge in [0.05, 0.1) is 0 Å². The zero-order chi connectivity index (χ0) is 25.7. The second kappa shape index (κ2) is 13.7. The van der Waals surface area contributed by atoms with Gasteiger partial charge in [-0.25, -0.2) is 0 Å². The molecule has 0 aromatic carbocycles. The maximum atomic E-state index is 2.84. The fourth-order valence-electron chi connectivity index (χ4n) is 5.79. The Morgan fingerprint density at radius 2 is 0.886 bits per heavy atom. The van der Waals surface area contributed by atoms with Crippen molar-refractivity contribution in [2.45, 2.75) is 131 Å². The molecular weight excluding hydrogens is 734 g/mol. The summed E-state index contributed by atoms with van der Waals surface area (Å²) in [6.07, 6.45) is 17.3. The van der Waals surface area contributed by atoms with Gasteiger partial charge in [-0.1, -0.05) is 0 Å². The molecule has 0 saturated heterocycles. The molecule has 3 rings (SSSR count). The Morgan fingerprint density at radius 1 is 0.543 bits per heavy atom. The zero-order valence-electron chi connectivity index (χ0n) is 24.4. The van der Waals surface area contributed by atoms with Gasteiger partial charge >= 0.3 is 240 Å². The molecule has 0 bridgehead atoms. The van der Waals surface area contributed by atoms with Gasteiger partial charge in [0, 0.05) is 0 Å². The van der Waals surface area contributed by atoms with Crippen LogP contribution < -0.4 is 14.6 Å². The second-order valence-corrected chi connectivity index (χ2v) is 55.2. The van der Waals surface area contributed by atoms with E-state index in [9.17, 15) is 0 Å². The summed E-state index contributed by atoms with van der Waals surface area (Å²) in [6, 6.07) is 5.69. The number of thiophene rings is 2.